The van der Waals surface area contributed by atoms with Crippen LogP contribution >= 0.6 is 8.58 Å². The zero-order chi connectivity index (χ0) is 9.86. The van der Waals surface area contributed by atoms with Gasteiger partial charge in [-0.25, -0.2) is 0 Å². The Morgan fingerprint density at radius 3 is 3.00 bits per heavy atom. The molecule has 2 heterocycles. The Morgan fingerprint density at radius 2 is 2.14 bits per heavy atom. The van der Waals surface area contributed by atoms with E-state index in [9.17, 15) is 0 Å². The Labute approximate surface area is 90.3 Å². The van der Waals surface area contributed by atoms with Crippen LogP contribution in [0.5, 0.6) is 0 Å². The average Bonchev–Trinajstić information content (AvgIpc) is 2.44. The van der Waals surface area contributed by atoms with Crippen LogP contribution in [0.4, 0.5) is 0 Å². The number of fused-ring (bicyclic) bond motifs is 2. The van der Waals surface area contributed by atoms with E-state index in [0.29, 0.717) is 0 Å². The molecule has 0 aliphatic carbocycles. The fraction of sp³-hybridized carbons (Fsp3) is 0.846. The van der Waals surface area contributed by atoms with Gasteiger partial charge in [-0.3, -0.25) is 0 Å². The molecule has 0 amide bonds. The second kappa shape index (κ2) is 4.79. The molecule has 0 aromatic rings. The van der Waals surface area contributed by atoms with Crippen LogP contribution in [0.3, 0.4) is 0 Å². The molecule has 0 nitrogen and oxygen atoms in total. The Bertz CT molecular complexity index is 209. The Balaban J connectivity index is 1.95. The molecule has 0 spiro atoms. The highest BCUT2D eigenvalue weighted by Gasteiger charge is 2.38. The van der Waals surface area contributed by atoms with Crippen molar-refractivity contribution in [3.63, 3.8) is 0 Å². The normalized spacial score (nSPS) is 39.4. The van der Waals surface area contributed by atoms with Crippen LogP contribution in [0, 0.1) is 0 Å². The summed E-state index contributed by atoms with van der Waals surface area (Å²) >= 11 is 0. The first-order valence-corrected chi connectivity index (χ1v) is 7.35. The van der Waals surface area contributed by atoms with Gasteiger partial charge in [0.1, 0.15) is 0 Å². The lowest BCUT2D eigenvalue weighted by Crippen LogP contribution is -2.18. The second-order valence-electron chi connectivity index (χ2n) is 4.99. The predicted octanol–water partition coefficient (Wildman–Crippen LogP) is 4.50. The van der Waals surface area contributed by atoms with E-state index in [-0.39, 0.29) is 0 Å². The quantitative estimate of drug-likeness (QED) is 0.475. The van der Waals surface area contributed by atoms with Gasteiger partial charge in [0.05, 0.1) is 0 Å². The van der Waals surface area contributed by atoms with Crippen molar-refractivity contribution >= 4 is 8.58 Å². The first kappa shape index (κ1) is 10.7. The summed E-state index contributed by atoms with van der Waals surface area (Å²) < 4.78 is 0. The fourth-order valence-electron chi connectivity index (χ4n) is 3.03. The number of rotatable bonds is 3. The highest BCUT2D eigenvalue weighted by atomic mass is 31.1. The molecule has 2 aliphatic rings. The maximum absolute atomic E-state index is 2.46. The molecule has 80 valence electrons. The molecule has 2 aliphatic heterocycles. The van der Waals surface area contributed by atoms with Crippen LogP contribution in [0.15, 0.2) is 12.2 Å². The largest absolute Gasteiger partial charge is 0.112 e. The molecule has 0 saturated carbocycles. The zero-order valence-electron chi connectivity index (χ0n) is 9.39. The first-order valence-electron chi connectivity index (χ1n) is 6.27. The molecule has 0 aromatic carbocycles. The highest BCUT2D eigenvalue weighted by molar-refractivity contribution is 7.41. The molecular weight excluding hydrogens is 187 g/mol. The molecule has 2 fully saturated rings. The molecule has 0 aromatic heterocycles. The minimum absolute atomic E-state index is 0.771. The van der Waals surface area contributed by atoms with E-state index >= 15 is 0 Å². The average molecular weight is 210 g/mol. The van der Waals surface area contributed by atoms with Gasteiger partial charge in [0, 0.05) is 0 Å². The second-order valence-corrected chi connectivity index (χ2v) is 7.16. The molecule has 0 N–H and O–H groups in total. The molecule has 3 unspecified atom stereocenters. The predicted molar refractivity (Wildman–Crippen MR) is 66.6 cm³/mol. The number of hydrogen-bond donors (Lipinski definition) is 0. The lowest BCUT2D eigenvalue weighted by molar-refractivity contribution is 0.456. The lowest BCUT2D eigenvalue weighted by Gasteiger charge is -2.26. The van der Waals surface area contributed by atoms with Crippen molar-refractivity contribution in [3.8, 4) is 0 Å². The van der Waals surface area contributed by atoms with E-state index < -0.39 is 0 Å². The van der Waals surface area contributed by atoms with Crippen molar-refractivity contribution in [1.82, 2.24) is 0 Å². The van der Waals surface area contributed by atoms with E-state index in [4.69, 9.17) is 0 Å². The van der Waals surface area contributed by atoms with Gasteiger partial charge in [-0.15, -0.1) is 8.58 Å². The summed E-state index contributed by atoms with van der Waals surface area (Å²) in [7, 11) is 1.28. The van der Waals surface area contributed by atoms with Gasteiger partial charge in [0.25, 0.3) is 0 Å². The van der Waals surface area contributed by atoms with Crippen LogP contribution in [-0.2, 0) is 0 Å². The van der Waals surface area contributed by atoms with Crippen molar-refractivity contribution < 1.29 is 0 Å². The Morgan fingerprint density at radius 1 is 1.21 bits per heavy atom. The van der Waals surface area contributed by atoms with Crippen molar-refractivity contribution in [2.75, 3.05) is 0 Å². The maximum Gasteiger partial charge on any atom is -0.00848 e. The molecule has 2 rings (SSSR count). The SMILES string of the molecule is CCC=CCC12CCCCC(CC1)P2. The Hall–Kier alpha value is 0.170. The van der Waals surface area contributed by atoms with Gasteiger partial charge in [0.2, 0.25) is 0 Å². The fourth-order valence-corrected chi connectivity index (χ4v) is 5.38. The standard InChI is InChI=1S/C13H23P/c1-2-3-5-9-13-10-6-4-7-12(14-13)8-11-13/h3,5,12,14H,2,4,6-11H2,1H3. The highest BCUT2D eigenvalue weighted by Crippen LogP contribution is 2.57. The van der Waals surface area contributed by atoms with Crippen molar-refractivity contribution in [3.05, 3.63) is 12.2 Å². The van der Waals surface area contributed by atoms with Crippen LogP contribution in [0.1, 0.15) is 58.3 Å². The first-order chi connectivity index (χ1) is 6.85. The monoisotopic (exact) mass is 210 g/mol. The van der Waals surface area contributed by atoms with E-state index in [1.165, 1.54) is 53.5 Å². The van der Waals surface area contributed by atoms with Crippen molar-refractivity contribution in [2.45, 2.75) is 69.1 Å². The third kappa shape index (κ3) is 2.40. The summed E-state index contributed by atoms with van der Waals surface area (Å²) in [4.78, 5) is 0. The third-order valence-electron chi connectivity index (χ3n) is 3.85. The topological polar surface area (TPSA) is 0 Å². The minimum Gasteiger partial charge on any atom is -0.112 e. The van der Waals surface area contributed by atoms with Gasteiger partial charge in [-0.1, -0.05) is 31.9 Å². The molecule has 3 atom stereocenters. The van der Waals surface area contributed by atoms with E-state index in [1.54, 1.807) is 6.42 Å². The van der Waals surface area contributed by atoms with Crippen LogP contribution < -0.4 is 0 Å². The van der Waals surface area contributed by atoms with E-state index in [1.807, 2.05) is 0 Å². The summed E-state index contributed by atoms with van der Waals surface area (Å²) in [6.07, 6.45) is 16.6. The number of hydrogen-bond acceptors (Lipinski definition) is 0. The molecule has 1 heteroatoms. The van der Waals surface area contributed by atoms with Crippen LogP contribution in [0.25, 0.3) is 0 Å². The van der Waals surface area contributed by atoms with Gasteiger partial charge < -0.3 is 0 Å². The summed E-state index contributed by atoms with van der Waals surface area (Å²) in [5.74, 6) is 0. The zero-order valence-corrected chi connectivity index (χ0v) is 10.4. The van der Waals surface area contributed by atoms with Gasteiger partial charge >= 0.3 is 0 Å². The Kier molecular flexibility index (Phi) is 3.66. The molecule has 2 saturated heterocycles. The van der Waals surface area contributed by atoms with Crippen molar-refractivity contribution in [2.24, 2.45) is 0 Å². The molecule has 14 heavy (non-hydrogen) atoms. The van der Waals surface area contributed by atoms with Crippen LogP contribution in [-0.4, -0.2) is 10.8 Å². The van der Waals surface area contributed by atoms with E-state index in [2.05, 4.69) is 19.1 Å². The minimum atomic E-state index is 0.771. The molecule has 2 bridgehead atoms. The third-order valence-corrected chi connectivity index (χ3v) is 6.15. The summed E-state index contributed by atoms with van der Waals surface area (Å²) in [6, 6.07) is 0. The van der Waals surface area contributed by atoms with Crippen LogP contribution in [0.2, 0.25) is 0 Å². The molecular formula is C13H23P. The van der Waals surface area contributed by atoms with Gasteiger partial charge in [0.15, 0.2) is 0 Å². The van der Waals surface area contributed by atoms with E-state index in [0.717, 1.165) is 10.8 Å². The lowest BCUT2D eigenvalue weighted by atomic mass is 9.88. The van der Waals surface area contributed by atoms with Crippen molar-refractivity contribution in [1.29, 1.82) is 0 Å². The van der Waals surface area contributed by atoms with Gasteiger partial charge in [-0.05, 0) is 49.3 Å². The molecule has 0 radical (unpaired) electrons. The smallest absolute Gasteiger partial charge is 0.00848 e. The summed E-state index contributed by atoms with van der Waals surface area (Å²) in [5.41, 5.74) is 1.12. The number of allylic oxidation sites excluding steroid dienone is 2. The summed E-state index contributed by atoms with van der Waals surface area (Å²) in [5, 5.41) is 0.771. The summed E-state index contributed by atoms with van der Waals surface area (Å²) in [6.45, 7) is 2.24. The maximum atomic E-state index is 2.46. The van der Waals surface area contributed by atoms with Gasteiger partial charge in [-0.2, -0.15) is 0 Å².